The van der Waals surface area contributed by atoms with Gasteiger partial charge in [0.1, 0.15) is 17.6 Å². The van der Waals surface area contributed by atoms with Crippen LogP contribution in [0.5, 0.6) is 5.88 Å². The first kappa shape index (κ1) is 24.5. The van der Waals surface area contributed by atoms with Crippen LogP contribution in [0, 0.1) is 0 Å². The van der Waals surface area contributed by atoms with Crippen LogP contribution >= 0.6 is 0 Å². The van der Waals surface area contributed by atoms with Crippen LogP contribution in [-0.4, -0.2) is 43.6 Å². The van der Waals surface area contributed by atoms with Gasteiger partial charge in [0.25, 0.3) is 5.56 Å². The number of anilines is 1. The van der Waals surface area contributed by atoms with E-state index in [9.17, 15) is 9.59 Å². The summed E-state index contributed by atoms with van der Waals surface area (Å²) >= 11 is 0. The molecule has 1 saturated carbocycles. The van der Waals surface area contributed by atoms with Crippen molar-refractivity contribution in [2.45, 2.75) is 51.3 Å². The predicted octanol–water partition coefficient (Wildman–Crippen LogP) is 3.43. The summed E-state index contributed by atoms with van der Waals surface area (Å²) in [4.78, 5) is 26.8. The first-order valence-corrected chi connectivity index (χ1v) is 12.6. The molecule has 3 aromatic heterocycles. The Morgan fingerprint density at radius 2 is 1.86 bits per heavy atom. The second-order valence-electron chi connectivity index (χ2n) is 9.29. The van der Waals surface area contributed by atoms with Crippen LogP contribution in [-0.2, 0) is 18.4 Å². The summed E-state index contributed by atoms with van der Waals surface area (Å²) in [5.41, 5.74) is 3.83. The molecule has 37 heavy (non-hydrogen) atoms. The zero-order chi connectivity index (χ0) is 25.8. The predicted molar refractivity (Wildman–Crippen MR) is 141 cm³/mol. The van der Waals surface area contributed by atoms with Crippen molar-refractivity contribution in [1.29, 1.82) is 0 Å². The summed E-state index contributed by atoms with van der Waals surface area (Å²) in [6.45, 7) is 3.33. The summed E-state index contributed by atoms with van der Waals surface area (Å²) < 4.78 is 9.52. The number of nitrogens with zero attached hydrogens (tertiary/aromatic N) is 5. The van der Waals surface area contributed by atoms with Gasteiger partial charge in [0.15, 0.2) is 0 Å². The maximum atomic E-state index is 11.6. The van der Waals surface area contributed by atoms with E-state index in [1.165, 1.54) is 10.7 Å². The van der Waals surface area contributed by atoms with Gasteiger partial charge in [0.05, 0.1) is 11.6 Å². The lowest BCUT2D eigenvalue weighted by Gasteiger charge is -2.29. The highest BCUT2D eigenvalue weighted by molar-refractivity contribution is 5.94. The van der Waals surface area contributed by atoms with E-state index >= 15 is 0 Å². The quantitative estimate of drug-likeness (QED) is 0.338. The van der Waals surface area contributed by atoms with Gasteiger partial charge >= 0.3 is 0 Å². The van der Waals surface area contributed by atoms with Gasteiger partial charge in [-0.2, -0.15) is 5.10 Å². The fourth-order valence-corrected chi connectivity index (χ4v) is 4.86. The van der Waals surface area contributed by atoms with Crippen molar-refractivity contribution in [2.75, 3.05) is 11.9 Å². The van der Waals surface area contributed by atoms with Crippen LogP contribution in [0.15, 0.2) is 53.5 Å². The summed E-state index contributed by atoms with van der Waals surface area (Å²) in [5.74, 6) is 1.31. The molecule has 0 saturated heterocycles. The molecular weight excluding hydrogens is 470 g/mol. The molecule has 0 radical (unpaired) electrons. The Morgan fingerprint density at radius 3 is 2.57 bits per heavy atom. The van der Waals surface area contributed by atoms with E-state index in [1.54, 1.807) is 13.1 Å². The van der Waals surface area contributed by atoms with Gasteiger partial charge in [-0.3, -0.25) is 14.3 Å². The fourth-order valence-electron chi connectivity index (χ4n) is 4.86. The van der Waals surface area contributed by atoms with E-state index in [0.717, 1.165) is 65.8 Å². The monoisotopic (exact) mass is 501 g/mol. The third kappa shape index (κ3) is 5.32. The maximum Gasteiger partial charge on any atom is 0.266 e. The molecule has 5 rings (SSSR count). The first-order valence-electron chi connectivity index (χ1n) is 12.6. The van der Waals surface area contributed by atoms with Crippen LogP contribution < -0.4 is 20.9 Å². The number of aromatic nitrogens is 5. The number of rotatable bonds is 9. The van der Waals surface area contributed by atoms with Crippen molar-refractivity contribution < 1.29 is 9.53 Å². The largest absolute Gasteiger partial charge is 0.473 e. The van der Waals surface area contributed by atoms with Crippen molar-refractivity contribution >= 4 is 23.1 Å². The summed E-state index contributed by atoms with van der Waals surface area (Å²) in [6.07, 6.45) is 6.23. The molecule has 0 unspecified atom stereocenters. The molecule has 3 heterocycles. The Hall–Kier alpha value is -4.21. The average Bonchev–Trinajstić information content (AvgIpc) is 3.29. The minimum atomic E-state index is -0.156. The van der Waals surface area contributed by atoms with E-state index in [4.69, 9.17) is 9.84 Å². The molecule has 1 fully saturated rings. The van der Waals surface area contributed by atoms with Crippen LogP contribution in [0.3, 0.4) is 0 Å². The highest BCUT2D eigenvalue weighted by Gasteiger charge is 2.27. The van der Waals surface area contributed by atoms with Crippen molar-refractivity contribution in [3.05, 3.63) is 64.6 Å². The van der Waals surface area contributed by atoms with E-state index in [1.807, 2.05) is 30.5 Å². The Balaban J connectivity index is 1.39. The number of ether oxygens (including phenoxy) is 1. The van der Waals surface area contributed by atoms with Gasteiger partial charge in [-0.1, -0.05) is 24.3 Å². The Bertz CT molecular complexity index is 1440. The third-order valence-corrected chi connectivity index (χ3v) is 6.78. The highest BCUT2D eigenvalue weighted by Crippen LogP contribution is 2.36. The van der Waals surface area contributed by atoms with E-state index in [0.29, 0.717) is 18.8 Å². The fraction of sp³-hybridized carbons (Fsp3) is 0.370. The second kappa shape index (κ2) is 10.8. The minimum absolute atomic E-state index is 0.0501. The number of aryl methyl sites for hydroxylation is 1. The third-order valence-electron chi connectivity index (χ3n) is 6.78. The molecule has 192 valence electrons. The number of fused-ring (bicyclic) bond motifs is 1. The van der Waals surface area contributed by atoms with Gasteiger partial charge < -0.3 is 15.4 Å². The summed E-state index contributed by atoms with van der Waals surface area (Å²) in [6, 6.07) is 13.5. The number of pyridine rings is 1. The number of carbonyl (C=O) groups is 1. The number of amides is 1. The van der Waals surface area contributed by atoms with Gasteiger partial charge in [0, 0.05) is 55.5 Å². The van der Waals surface area contributed by atoms with Crippen molar-refractivity contribution in [2.24, 2.45) is 7.05 Å². The molecule has 1 aliphatic carbocycles. The van der Waals surface area contributed by atoms with Crippen LogP contribution in [0.1, 0.15) is 44.2 Å². The molecule has 1 amide bonds. The SMILES string of the molecule is CCNc1cc2c(cn1)c(-c1ccc(CNC=O)cc1)nn2C1CCC(Oc2ccc(=O)n(C)n2)CC1. The standard InChI is InChI=1S/C27H31N7O3/c1-3-29-24-14-23-22(16-30-24)27(19-6-4-18(5-7-19)15-28-17-35)32-34(23)20-8-10-21(11-9-20)37-25-12-13-26(36)33(2)31-25/h4-7,12-14,16-17,20-21H,3,8-11,15H2,1-2H3,(H,28,35)(H,29,30). The lowest BCUT2D eigenvalue weighted by Crippen LogP contribution is -2.27. The van der Waals surface area contributed by atoms with Crippen LogP contribution in [0.25, 0.3) is 22.2 Å². The van der Waals surface area contributed by atoms with E-state index in [2.05, 4.69) is 38.4 Å². The zero-order valence-electron chi connectivity index (χ0n) is 21.1. The summed E-state index contributed by atoms with van der Waals surface area (Å²) in [5, 5.41) is 16.3. The Kier molecular flexibility index (Phi) is 7.16. The molecule has 0 spiro atoms. The van der Waals surface area contributed by atoms with Crippen LogP contribution in [0.2, 0.25) is 0 Å². The molecule has 0 aliphatic heterocycles. The van der Waals surface area contributed by atoms with Gasteiger partial charge in [-0.05, 0) is 38.2 Å². The second-order valence-corrected chi connectivity index (χ2v) is 9.29. The molecule has 0 atom stereocenters. The van der Waals surface area contributed by atoms with Gasteiger partial charge in [0.2, 0.25) is 12.3 Å². The zero-order valence-corrected chi connectivity index (χ0v) is 21.1. The molecule has 1 aliphatic rings. The summed E-state index contributed by atoms with van der Waals surface area (Å²) in [7, 11) is 1.62. The highest BCUT2D eigenvalue weighted by atomic mass is 16.5. The van der Waals surface area contributed by atoms with Crippen molar-refractivity contribution in [1.82, 2.24) is 29.9 Å². The lowest BCUT2D eigenvalue weighted by molar-refractivity contribution is -0.109. The Labute approximate surface area is 214 Å². The number of hydrogen-bond donors (Lipinski definition) is 2. The number of hydrogen-bond acceptors (Lipinski definition) is 7. The smallest absolute Gasteiger partial charge is 0.266 e. The van der Waals surface area contributed by atoms with Gasteiger partial charge in [-0.25, -0.2) is 9.67 Å². The maximum absolute atomic E-state index is 11.6. The number of carbonyl (C=O) groups excluding carboxylic acids is 1. The van der Waals surface area contributed by atoms with Gasteiger partial charge in [-0.15, -0.1) is 5.10 Å². The van der Waals surface area contributed by atoms with Crippen molar-refractivity contribution in [3.63, 3.8) is 0 Å². The van der Waals surface area contributed by atoms with E-state index < -0.39 is 0 Å². The molecule has 0 bridgehead atoms. The Morgan fingerprint density at radius 1 is 1.08 bits per heavy atom. The minimum Gasteiger partial charge on any atom is -0.473 e. The topological polar surface area (TPSA) is 116 Å². The first-order chi connectivity index (χ1) is 18.1. The van der Waals surface area contributed by atoms with Crippen molar-refractivity contribution in [3.8, 4) is 17.1 Å². The lowest BCUT2D eigenvalue weighted by atomic mass is 9.93. The molecule has 2 N–H and O–H groups in total. The van der Waals surface area contributed by atoms with E-state index in [-0.39, 0.29) is 17.7 Å². The molecule has 4 aromatic rings. The number of nitrogens with one attached hydrogen (secondary N) is 2. The normalized spacial score (nSPS) is 17.5. The molecular formula is C27H31N7O3. The van der Waals surface area contributed by atoms with Crippen LogP contribution in [0.4, 0.5) is 5.82 Å². The number of benzene rings is 1. The average molecular weight is 502 g/mol. The molecule has 1 aromatic carbocycles. The molecule has 10 nitrogen and oxygen atoms in total. The molecule has 10 heteroatoms.